The molecule has 0 bridgehead atoms. The number of Topliss-reactive ketones (excluding diaryl/α,β-unsaturated/α-hetero) is 1. The molecule has 0 radical (unpaired) electrons. The summed E-state index contributed by atoms with van der Waals surface area (Å²) >= 11 is 11.9. The van der Waals surface area contributed by atoms with Crippen LogP contribution < -0.4 is 0 Å². The van der Waals surface area contributed by atoms with Crippen molar-refractivity contribution in [3.05, 3.63) is 0 Å². The summed E-state index contributed by atoms with van der Waals surface area (Å²) in [7, 11) is 0. The molecule has 0 heterocycles. The Morgan fingerprint density at radius 2 is 1.77 bits per heavy atom. The maximum Gasteiger partial charge on any atom is 0.179 e. The molecule has 1 atom stereocenters. The number of alkyl halides is 2. The molecule has 2 aliphatic carbocycles. The van der Waals surface area contributed by atoms with E-state index in [9.17, 15) is 4.79 Å². The lowest BCUT2D eigenvalue weighted by atomic mass is 9.68. The summed E-state index contributed by atoms with van der Waals surface area (Å²) in [4.78, 5) is 11.1. The number of carbonyl (C=O) groups is 1. The van der Waals surface area contributed by atoms with E-state index in [2.05, 4.69) is 0 Å². The van der Waals surface area contributed by atoms with Crippen molar-refractivity contribution < 1.29 is 4.79 Å². The van der Waals surface area contributed by atoms with E-state index >= 15 is 0 Å². The molecule has 74 valence electrons. The fourth-order valence-corrected chi connectivity index (χ4v) is 3.20. The van der Waals surface area contributed by atoms with Gasteiger partial charge in [0.05, 0.1) is 0 Å². The van der Waals surface area contributed by atoms with E-state index in [4.69, 9.17) is 23.2 Å². The van der Waals surface area contributed by atoms with Crippen LogP contribution in [0.25, 0.3) is 0 Å². The first-order valence-corrected chi connectivity index (χ1v) is 5.79. The SMILES string of the molecule is O=C1C[C@@H](C2CCCCC2)C1(Cl)Cl. The number of hydrogen-bond acceptors (Lipinski definition) is 1. The standard InChI is InChI=1S/C10H14Cl2O/c11-10(12)8(6-9(10)13)7-4-2-1-3-5-7/h7-8H,1-6H2/t8-/m0/s1. The predicted molar refractivity (Wildman–Crippen MR) is 54.1 cm³/mol. The second kappa shape index (κ2) is 3.43. The highest BCUT2D eigenvalue weighted by molar-refractivity contribution is 6.60. The quantitative estimate of drug-likeness (QED) is 0.620. The summed E-state index contributed by atoms with van der Waals surface area (Å²) in [5, 5.41) is 0. The van der Waals surface area contributed by atoms with Crippen LogP contribution in [-0.4, -0.2) is 10.1 Å². The molecule has 0 aromatic rings. The fraction of sp³-hybridized carbons (Fsp3) is 0.900. The highest BCUT2D eigenvalue weighted by Gasteiger charge is 2.55. The molecular formula is C10H14Cl2O. The highest BCUT2D eigenvalue weighted by Crippen LogP contribution is 2.51. The lowest BCUT2D eigenvalue weighted by molar-refractivity contribution is -0.130. The zero-order chi connectivity index (χ0) is 9.47. The van der Waals surface area contributed by atoms with Crippen molar-refractivity contribution in [2.45, 2.75) is 42.9 Å². The van der Waals surface area contributed by atoms with Crippen LogP contribution in [0.15, 0.2) is 0 Å². The monoisotopic (exact) mass is 220 g/mol. The molecule has 0 spiro atoms. The van der Waals surface area contributed by atoms with Crippen LogP contribution in [0, 0.1) is 11.8 Å². The van der Waals surface area contributed by atoms with Crippen LogP contribution in [0.1, 0.15) is 38.5 Å². The highest BCUT2D eigenvalue weighted by atomic mass is 35.5. The smallest absolute Gasteiger partial charge is 0.179 e. The summed E-state index contributed by atoms with van der Waals surface area (Å²) in [6.45, 7) is 0. The van der Waals surface area contributed by atoms with E-state index in [1.807, 2.05) is 0 Å². The van der Waals surface area contributed by atoms with Crippen molar-refractivity contribution in [3.63, 3.8) is 0 Å². The first kappa shape index (κ1) is 9.79. The van der Waals surface area contributed by atoms with Gasteiger partial charge in [-0.1, -0.05) is 55.3 Å². The van der Waals surface area contributed by atoms with E-state index in [1.165, 1.54) is 32.1 Å². The van der Waals surface area contributed by atoms with Crippen LogP contribution in [-0.2, 0) is 4.79 Å². The Hall–Kier alpha value is 0.250. The van der Waals surface area contributed by atoms with Crippen molar-refractivity contribution in [2.24, 2.45) is 11.8 Å². The van der Waals surface area contributed by atoms with E-state index in [0.717, 1.165) is 0 Å². The minimum atomic E-state index is -1.04. The van der Waals surface area contributed by atoms with Gasteiger partial charge in [0.2, 0.25) is 0 Å². The molecule has 0 aromatic carbocycles. The lowest BCUT2D eigenvalue weighted by Crippen LogP contribution is -2.51. The molecule has 2 rings (SSSR count). The third-order valence-electron chi connectivity index (χ3n) is 3.46. The first-order chi connectivity index (χ1) is 6.12. The number of hydrogen-bond donors (Lipinski definition) is 0. The molecule has 13 heavy (non-hydrogen) atoms. The molecule has 3 heteroatoms. The van der Waals surface area contributed by atoms with E-state index in [-0.39, 0.29) is 11.7 Å². The second-order valence-corrected chi connectivity index (χ2v) is 5.64. The van der Waals surface area contributed by atoms with Gasteiger partial charge in [0, 0.05) is 12.3 Å². The van der Waals surface area contributed by atoms with Gasteiger partial charge in [0.1, 0.15) is 0 Å². The fourth-order valence-electron chi connectivity index (χ4n) is 2.54. The van der Waals surface area contributed by atoms with Crippen molar-refractivity contribution in [3.8, 4) is 0 Å². The number of ketones is 1. The zero-order valence-corrected chi connectivity index (χ0v) is 9.07. The molecule has 0 saturated heterocycles. The third-order valence-corrected chi connectivity index (χ3v) is 4.44. The summed E-state index contributed by atoms with van der Waals surface area (Å²) < 4.78 is -1.04. The van der Waals surface area contributed by atoms with Crippen molar-refractivity contribution >= 4 is 29.0 Å². The molecule has 0 N–H and O–H groups in total. The number of halogens is 2. The Balaban J connectivity index is 1.98. The van der Waals surface area contributed by atoms with Gasteiger partial charge >= 0.3 is 0 Å². The maximum absolute atomic E-state index is 11.1. The normalized spacial score (nSPS) is 34.3. The molecule has 0 aliphatic heterocycles. The Labute approximate surface area is 88.8 Å². The molecule has 0 unspecified atom stereocenters. The van der Waals surface area contributed by atoms with Crippen LogP contribution in [0.5, 0.6) is 0 Å². The van der Waals surface area contributed by atoms with Crippen LogP contribution in [0.3, 0.4) is 0 Å². The van der Waals surface area contributed by atoms with Gasteiger partial charge < -0.3 is 0 Å². The topological polar surface area (TPSA) is 17.1 Å². The summed E-state index contributed by atoms with van der Waals surface area (Å²) in [6.07, 6.45) is 6.91. The second-order valence-electron chi connectivity index (χ2n) is 4.25. The largest absolute Gasteiger partial charge is 0.296 e. The molecule has 0 aromatic heterocycles. The van der Waals surface area contributed by atoms with Crippen molar-refractivity contribution in [1.29, 1.82) is 0 Å². The molecular weight excluding hydrogens is 207 g/mol. The van der Waals surface area contributed by atoms with Gasteiger partial charge in [-0.2, -0.15) is 0 Å². The van der Waals surface area contributed by atoms with Gasteiger partial charge in [-0.05, 0) is 5.92 Å². The molecule has 2 saturated carbocycles. The van der Waals surface area contributed by atoms with E-state index in [1.54, 1.807) is 0 Å². The summed E-state index contributed by atoms with van der Waals surface area (Å²) in [5.41, 5.74) is 0. The Bertz CT molecular complexity index is 219. The van der Waals surface area contributed by atoms with Crippen molar-refractivity contribution in [1.82, 2.24) is 0 Å². The Kier molecular flexibility index (Phi) is 2.59. The summed E-state index contributed by atoms with van der Waals surface area (Å²) in [5.74, 6) is 0.858. The van der Waals surface area contributed by atoms with E-state index in [0.29, 0.717) is 12.3 Å². The minimum absolute atomic E-state index is 0.0198. The maximum atomic E-state index is 11.1. The van der Waals surface area contributed by atoms with Gasteiger partial charge in [-0.25, -0.2) is 0 Å². The predicted octanol–water partition coefficient (Wildman–Crippen LogP) is 3.33. The third kappa shape index (κ3) is 1.61. The average molecular weight is 221 g/mol. The van der Waals surface area contributed by atoms with Crippen LogP contribution >= 0.6 is 23.2 Å². The lowest BCUT2D eigenvalue weighted by Gasteiger charge is -2.44. The van der Waals surface area contributed by atoms with Gasteiger partial charge in [0.25, 0.3) is 0 Å². The molecule has 2 aliphatic rings. The first-order valence-electron chi connectivity index (χ1n) is 5.03. The zero-order valence-electron chi connectivity index (χ0n) is 7.56. The average Bonchev–Trinajstić information content (AvgIpc) is 2.15. The van der Waals surface area contributed by atoms with Crippen LogP contribution in [0.4, 0.5) is 0 Å². The summed E-state index contributed by atoms with van der Waals surface area (Å²) in [6, 6.07) is 0. The molecule has 1 nitrogen and oxygen atoms in total. The van der Waals surface area contributed by atoms with Crippen molar-refractivity contribution in [2.75, 3.05) is 0 Å². The molecule has 2 fully saturated rings. The van der Waals surface area contributed by atoms with Gasteiger partial charge in [0.15, 0.2) is 10.1 Å². The molecule has 0 amide bonds. The van der Waals surface area contributed by atoms with Gasteiger partial charge in [-0.15, -0.1) is 0 Å². The van der Waals surface area contributed by atoms with Gasteiger partial charge in [-0.3, -0.25) is 4.79 Å². The minimum Gasteiger partial charge on any atom is -0.296 e. The van der Waals surface area contributed by atoms with Crippen LogP contribution in [0.2, 0.25) is 0 Å². The Morgan fingerprint density at radius 3 is 2.23 bits per heavy atom. The number of rotatable bonds is 1. The van der Waals surface area contributed by atoms with E-state index < -0.39 is 4.33 Å². The number of carbonyl (C=O) groups excluding carboxylic acids is 1. The Morgan fingerprint density at radius 1 is 1.15 bits per heavy atom.